The second kappa shape index (κ2) is 7.89. The Morgan fingerprint density at radius 1 is 1.27 bits per heavy atom. The molecule has 0 radical (unpaired) electrons. The molecule has 2 aromatic rings. The Balaban J connectivity index is 1.83. The quantitative estimate of drug-likeness (QED) is 0.726. The minimum absolute atomic E-state index is 0.124. The van der Waals surface area contributed by atoms with Gasteiger partial charge < -0.3 is 15.7 Å². The van der Waals surface area contributed by atoms with E-state index in [2.05, 4.69) is 10.6 Å². The molecule has 1 aliphatic heterocycles. The molecule has 3 N–H and O–H groups in total. The van der Waals surface area contributed by atoms with Gasteiger partial charge in [-0.2, -0.15) is 0 Å². The maximum Gasteiger partial charge on any atom is 0.251 e. The Bertz CT molecular complexity index is 838. The average molecular weight is 373 g/mol. The van der Waals surface area contributed by atoms with E-state index in [1.165, 1.54) is 0 Å². The number of benzene rings is 2. The van der Waals surface area contributed by atoms with Crippen LogP contribution in [0.5, 0.6) is 0 Å². The van der Waals surface area contributed by atoms with Crippen LogP contribution in [0.15, 0.2) is 42.5 Å². The summed E-state index contributed by atoms with van der Waals surface area (Å²) in [4.78, 5) is 24.5. The van der Waals surface area contributed by atoms with E-state index in [0.717, 1.165) is 6.42 Å². The van der Waals surface area contributed by atoms with E-state index < -0.39 is 12.1 Å². The molecule has 0 spiro atoms. The molecule has 2 atom stereocenters. The summed E-state index contributed by atoms with van der Waals surface area (Å²) in [5, 5.41) is 16.9. The molecule has 0 aliphatic carbocycles. The molecule has 3 rings (SSSR count). The fourth-order valence-electron chi connectivity index (χ4n) is 3.26. The van der Waals surface area contributed by atoms with E-state index in [-0.39, 0.29) is 18.2 Å². The normalized spacial score (nSPS) is 15.1. The Labute approximate surface area is 157 Å². The number of anilines is 1. The summed E-state index contributed by atoms with van der Waals surface area (Å²) in [5.74, 6) is -0.427. The van der Waals surface area contributed by atoms with Gasteiger partial charge >= 0.3 is 0 Å². The molecule has 5 nitrogen and oxygen atoms in total. The number of aliphatic hydroxyl groups is 1. The molecule has 26 heavy (non-hydrogen) atoms. The minimum atomic E-state index is -0.913. The topological polar surface area (TPSA) is 78.4 Å². The number of aliphatic hydroxyl groups excluding tert-OH is 1. The van der Waals surface area contributed by atoms with E-state index in [1.54, 1.807) is 42.5 Å². The molecule has 6 heteroatoms. The van der Waals surface area contributed by atoms with Gasteiger partial charge in [0.2, 0.25) is 5.91 Å². The second-order valence-corrected chi connectivity index (χ2v) is 6.80. The van der Waals surface area contributed by atoms with Crippen LogP contribution < -0.4 is 10.6 Å². The lowest BCUT2D eigenvalue weighted by atomic mass is 9.97. The Kier molecular flexibility index (Phi) is 5.59. The molecular formula is C20H21ClN2O3. The number of fused-ring (bicyclic) bond motifs is 1. The van der Waals surface area contributed by atoms with E-state index in [4.69, 9.17) is 11.6 Å². The minimum Gasteiger partial charge on any atom is -0.386 e. The van der Waals surface area contributed by atoms with Crippen LogP contribution in [0.2, 0.25) is 5.02 Å². The Morgan fingerprint density at radius 2 is 2.04 bits per heavy atom. The summed E-state index contributed by atoms with van der Waals surface area (Å²) in [6, 6.07) is 11.8. The van der Waals surface area contributed by atoms with Crippen LogP contribution in [0, 0.1) is 0 Å². The highest BCUT2D eigenvalue weighted by Gasteiger charge is 2.27. The van der Waals surface area contributed by atoms with Gasteiger partial charge in [0.25, 0.3) is 5.91 Å². The first-order valence-corrected chi connectivity index (χ1v) is 9.04. The van der Waals surface area contributed by atoms with Gasteiger partial charge in [0.15, 0.2) is 0 Å². The van der Waals surface area contributed by atoms with E-state index >= 15 is 0 Å². The fourth-order valence-corrected chi connectivity index (χ4v) is 3.51. The third-order valence-electron chi connectivity index (χ3n) is 4.55. The number of hydrogen-bond acceptors (Lipinski definition) is 3. The number of carbonyl (C=O) groups excluding carboxylic acids is 2. The third kappa shape index (κ3) is 3.74. The molecule has 0 fully saturated rings. The van der Waals surface area contributed by atoms with Gasteiger partial charge in [-0.1, -0.05) is 49.2 Å². The molecule has 0 aromatic heterocycles. The van der Waals surface area contributed by atoms with Crippen LogP contribution in [0.25, 0.3) is 0 Å². The zero-order valence-corrected chi connectivity index (χ0v) is 15.2. The van der Waals surface area contributed by atoms with Gasteiger partial charge in [0.1, 0.15) is 6.10 Å². The van der Waals surface area contributed by atoms with Crippen LogP contribution in [0.4, 0.5) is 5.69 Å². The second-order valence-electron chi connectivity index (χ2n) is 6.39. The maximum absolute atomic E-state index is 12.8. The first kappa shape index (κ1) is 18.4. The van der Waals surface area contributed by atoms with Gasteiger partial charge in [0.05, 0.1) is 12.5 Å². The van der Waals surface area contributed by atoms with Crippen molar-refractivity contribution >= 4 is 29.1 Å². The number of rotatable bonds is 6. The first-order valence-electron chi connectivity index (χ1n) is 8.66. The third-order valence-corrected chi connectivity index (χ3v) is 4.90. The lowest BCUT2D eigenvalue weighted by Crippen LogP contribution is -2.39. The van der Waals surface area contributed by atoms with Gasteiger partial charge in [-0.15, -0.1) is 0 Å². The highest BCUT2D eigenvalue weighted by molar-refractivity contribution is 6.31. The smallest absolute Gasteiger partial charge is 0.251 e. The van der Waals surface area contributed by atoms with Crippen molar-refractivity contribution in [2.24, 2.45) is 0 Å². The molecule has 0 saturated heterocycles. The molecule has 1 heterocycles. The number of hydrogen-bond donors (Lipinski definition) is 3. The number of carbonyl (C=O) groups is 2. The summed E-state index contributed by atoms with van der Waals surface area (Å²) in [5.41, 5.74) is 2.40. The molecular weight excluding hydrogens is 352 g/mol. The summed E-state index contributed by atoms with van der Waals surface area (Å²) in [6.07, 6.45) is 0.665. The number of halogens is 1. The summed E-state index contributed by atoms with van der Waals surface area (Å²) < 4.78 is 0. The van der Waals surface area contributed by atoms with Gasteiger partial charge in [-0.25, -0.2) is 0 Å². The van der Waals surface area contributed by atoms with Gasteiger partial charge in [-0.05, 0) is 30.2 Å². The molecule has 136 valence electrons. The first-order chi connectivity index (χ1) is 12.5. The molecule has 0 bridgehead atoms. The molecule has 0 saturated carbocycles. The van der Waals surface area contributed by atoms with Gasteiger partial charge in [-0.3, -0.25) is 9.59 Å². The van der Waals surface area contributed by atoms with Crippen molar-refractivity contribution in [3.05, 3.63) is 64.2 Å². The number of nitrogens with one attached hydrogen (secondary N) is 2. The van der Waals surface area contributed by atoms with Crippen LogP contribution in [0.1, 0.15) is 47.4 Å². The van der Waals surface area contributed by atoms with Crippen LogP contribution in [-0.2, 0) is 11.2 Å². The predicted octanol–water partition coefficient (Wildman–Crippen LogP) is 3.47. The SMILES string of the molecule is CCC[C@@H](NC(=O)c1cccc2c1CC(=O)N2)[C@@H](O)c1ccccc1Cl. The summed E-state index contributed by atoms with van der Waals surface area (Å²) in [6.45, 7) is 1.99. The summed E-state index contributed by atoms with van der Waals surface area (Å²) in [7, 11) is 0. The van der Waals surface area contributed by atoms with E-state index in [0.29, 0.717) is 33.8 Å². The Hall–Kier alpha value is -2.37. The van der Waals surface area contributed by atoms with Crippen molar-refractivity contribution in [2.45, 2.75) is 38.3 Å². The van der Waals surface area contributed by atoms with Gasteiger partial charge in [0, 0.05) is 21.8 Å². The largest absolute Gasteiger partial charge is 0.386 e. The lowest BCUT2D eigenvalue weighted by molar-refractivity contribution is -0.115. The zero-order chi connectivity index (χ0) is 18.7. The standard InChI is InChI=1S/C20H21ClN2O3/c1-2-6-17(19(25)13-7-3-4-9-15(13)21)23-20(26)12-8-5-10-16-14(12)11-18(24)22-16/h3-5,7-10,17,19,25H,2,6,11H2,1H3,(H,22,24)(H,23,26)/t17-,19+/m1/s1. The monoisotopic (exact) mass is 372 g/mol. The van der Waals surface area contributed by atoms with Crippen molar-refractivity contribution in [2.75, 3.05) is 5.32 Å². The highest BCUT2D eigenvalue weighted by Crippen LogP contribution is 2.29. The van der Waals surface area contributed by atoms with Crippen molar-refractivity contribution in [3.8, 4) is 0 Å². The average Bonchev–Trinajstić information content (AvgIpc) is 3.01. The molecule has 1 aliphatic rings. The molecule has 2 aromatic carbocycles. The molecule has 2 amide bonds. The predicted molar refractivity (Wildman–Crippen MR) is 101 cm³/mol. The highest BCUT2D eigenvalue weighted by atomic mass is 35.5. The van der Waals surface area contributed by atoms with Crippen molar-refractivity contribution < 1.29 is 14.7 Å². The van der Waals surface area contributed by atoms with Crippen LogP contribution in [-0.4, -0.2) is 23.0 Å². The summed E-state index contributed by atoms with van der Waals surface area (Å²) >= 11 is 6.19. The lowest BCUT2D eigenvalue weighted by Gasteiger charge is -2.25. The van der Waals surface area contributed by atoms with Crippen molar-refractivity contribution in [3.63, 3.8) is 0 Å². The number of amides is 2. The maximum atomic E-state index is 12.8. The zero-order valence-electron chi connectivity index (χ0n) is 14.5. The van der Waals surface area contributed by atoms with E-state index in [1.807, 2.05) is 6.92 Å². The van der Waals surface area contributed by atoms with Crippen LogP contribution in [0.3, 0.4) is 0 Å². The van der Waals surface area contributed by atoms with Crippen LogP contribution >= 0.6 is 11.6 Å². The fraction of sp³-hybridized carbons (Fsp3) is 0.300. The Morgan fingerprint density at radius 3 is 2.77 bits per heavy atom. The van der Waals surface area contributed by atoms with E-state index in [9.17, 15) is 14.7 Å². The van der Waals surface area contributed by atoms with Crippen molar-refractivity contribution in [1.29, 1.82) is 0 Å². The van der Waals surface area contributed by atoms with Crippen molar-refractivity contribution in [1.82, 2.24) is 5.32 Å². The molecule has 0 unspecified atom stereocenters.